The predicted octanol–water partition coefficient (Wildman–Crippen LogP) is 3.61. The van der Waals surface area contributed by atoms with Crippen LogP contribution in [0.3, 0.4) is 0 Å². The summed E-state index contributed by atoms with van der Waals surface area (Å²) in [4.78, 5) is 15.0. The van der Waals surface area contributed by atoms with Crippen molar-refractivity contribution in [3.63, 3.8) is 0 Å². The number of hydrogen-bond donors (Lipinski definition) is 1. The second kappa shape index (κ2) is 9.42. The van der Waals surface area contributed by atoms with Crippen molar-refractivity contribution >= 4 is 15.9 Å². The Labute approximate surface area is 213 Å². The van der Waals surface area contributed by atoms with Crippen molar-refractivity contribution in [3.8, 4) is 17.2 Å². The van der Waals surface area contributed by atoms with Crippen molar-refractivity contribution in [2.75, 3.05) is 13.2 Å². The first kappa shape index (κ1) is 25.7. The van der Waals surface area contributed by atoms with Crippen molar-refractivity contribution in [1.29, 1.82) is 5.26 Å². The van der Waals surface area contributed by atoms with Gasteiger partial charge in [0.25, 0.3) is 15.9 Å². The molecule has 7 nitrogen and oxygen atoms in total. The molecule has 3 atom stereocenters. The average molecular weight is 534 g/mol. The van der Waals surface area contributed by atoms with E-state index in [9.17, 15) is 27.3 Å². The molecule has 3 fully saturated rings. The summed E-state index contributed by atoms with van der Waals surface area (Å²) in [7, 11) is -4.88. The van der Waals surface area contributed by atoms with E-state index >= 15 is 4.39 Å². The van der Waals surface area contributed by atoms with E-state index in [2.05, 4.69) is 4.72 Å². The Hall–Kier alpha value is -2.94. The van der Waals surface area contributed by atoms with E-state index in [4.69, 9.17) is 4.74 Å². The summed E-state index contributed by atoms with van der Waals surface area (Å²) in [5.74, 6) is -4.62. The molecule has 1 aliphatic carbocycles. The third-order valence-corrected chi connectivity index (χ3v) is 8.90. The van der Waals surface area contributed by atoms with Gasteiger partial charge in [0.2, 0.25) is 5.60 Å². The molecule has 2 aromatic carbocycles. The van der Waals surface area contributed by atoms with Crippen LogP contribution in [0.4, 0.5) is 13.2 Å². The highest BCUT2D eigenvalue weighted by Gasteiger charge is 2.60. The Morgan fingerprint density at radius 3 is 2.43 bits per heavy atom. The molecule has 1 spiro atoms. The summed E-state index contributed by atoms with van der Waals surface area (Å²) in [5, 5.41) is 9.67. The van der Waals surface area contributed by atoms with E-state index in [-0.39, 0.29) is 32.4 Å². The van der Waals surface area contributed by atoms with Crippen LogP contribution in [0.2, 0.25) is 0 Å². The number of alkyl halides is 2. The van der Waals surface area contributed by atoms with Gasteiger partial charge in [-0.25, -0.2) is 17.5 Å². The van der Waals surface area contributed by atoms with Gasteiger partial charge in [-0.3, -0.25) is 4.79 Å². The molecule has 37 heavy (non-hydrogen) atoms. The Balaban J connectivity index is 1.49. The van der Waals surface area contributed by atoms with Crippen molar-refractivity contribution in [2.24, 2.45) is 5.41 Å². The first-order chi connectivity index (χ1) is 17.6. The fourth-order valence-corrected chi connectivity index (χ4v) is 6.27. The minimum atomic E-state index is -4.88. The van der Waals surface area contributed by atoms with Crippen LogP contribution < -0.4 is 4.72 Å². The van der Waals surface area contributed by atoms with Gasteiger partial charge in [0.15, 0.2) is 0 Å². The Bertz CT molecular complexity index is 1340. The number of piperidine rings is 1. The third-order valence-electron chi connectivity index (χ3n) is 7.81. The molecule has 0 radical (unpaired) electrons. The van der Waals surface area contributed by atoms with Crippen molar-refractivity contribution in [2.45, 2.75) is 55.5 Å². The number of ether oxygens (including phenoxy) is 1. The lowest BCUT2D eigenvalue weighted by Crippen LogP contribution is -2.64. The Morgan fingerprint density at radius 2 is 1.86 bits per heavy atom. The highest BCUT2D eigenvalue weighted by atomic mass is 32.2. The second-order valence-corrected chi connectivity index (χ2v) is 11.7. The molecule has 196 valence electrons. The monoisotopic (exact) mass is 533 g/mol. The topological polar surface area (TPSA) is 99.5 Å². The van der Waals surface area contributed by atoms with Gasteiger partial charge >= 0.3 is 5.76 Å². The number of carbonyl (C=O) groups is 1. The SMILES string of the molecule is N#C[C@]1(C(=O)N2CC3(CC3)[C@H](NS(=O)(=O)C(F)F)C[C@@H]2Cc2cccc(-c3ccccc3)c2F)CCO1. The smallest absolute Gasteiger partial charge is 0.350 e. The van der Waals surface area contributed by atoms with Gasteiger partial charge < -0.3 is 9.64 Å². The number of sulfonamides is 1. The summed E-state index contributed by atoms with van der Waals surface area (Å²) in [5.41, 5.74) is -1.00. The summed E-state index contributed by atoms with van der Waals surface area (Å²) < 4.78 is 73.7. The quantitative estimate of drug-likeness (QED) is 0.586. The number of nitrogens with zero attached hydrogens (tertiary/aromatic N) is 2. The van der Waals surface area contributed by atoms with Crippen LogP contribution in [0.1, 0.15) is 31.2 Å². The van der Waals surface area contributed by atoms with E-state index < -0.39 is 50.6 Å². The molecule has 11 heteroatoms. The fraction of sp³-hybridized carbons (Fsp3) is 0.462. The average Bonchev–Trinajstić information content (AvgIpc) is 3.62. The van der Waals surface area contributed by atoms with E-state index in [1.807, 2.05) is 12.1 Å². The Morgan fingerprint density at radius 1 is 1.16 bits per heavy atom. The minimum absolute atomic E-state index is 0.00814. The standard InChI is InChI=1S/C26H26F3N3O4S/c27-22-18(7-4-8-20(22)17-5-2-1-3-6-17)13-19-14-21(31-37(34,35)24(28)29)25(9-10-25)16-32(19)23(33)26(15-30)11-12-36-26/h1-8,19,21,24,31H,9-14,16H2/t19-,21+,26-/m0/s1. The third kappa shape index (κ3) is 4.62. The van der Waals surface area contributed by atoms with Crippen LogP contribution in [0.15, 0.2) is 48.5 Å². The summed E-state index contributed by atoms with van der Waals surface area (Å²) in [6.45, 7) is 0.327. The number of nitriles is 1. The van der Waals surface area contributed by atoms with Gasteiger partial charge in [-0.1, -0.05) is 48.5 Å². The zero-order chi connectivity index (χ0) is 26.4. The summed E-state index contributed by atoms with van der Waals surface area (Å²) in [6, 6.07) is 14.2. The first-order valence-electron chi connectivity index (χ1n) is 12.1. The van der Waals surface area contributed by atoms with Crippen molar-refractivity contribution in [1.82, 2.24) is 9.62 Å². The first-order valence-corrected chi connectivity index (χ1v) is 13.6. The second-order valence-electron chi connectivity index (χ2n) is 10.0. The molecule has 0 bridgehead atoms. The number of benzene rings is 2. The lowest BCUT2D eigenvalue weighted by atomic mass is 9.81. The maximum atomic E-state index is 15.7. The van der Waals surface area contributed by atoms with Gasteiger partial charge in [0.1, 0.15) is 11.9 Å². The molecule has 0 unspecified atom stereocenters. The van der Waals surface area contributed by atoms with Gasteiger partial charge in [0, 0.05) is 36.0 Å². The summed E-state index contributed by atoms with van der Waals surface area (Å²) >= 11 is 0. The van der Waals surface area contributed by atoms with Gasteiger partial charge in [0.05, 0.1) is 6.61 Å². The van der Waals surface area contributed by atoms with E-state index in [1.54, 1.807) is 42.5 Å². The molecule has 2 saturated heterocycles. The van der Waals surface area contributed by atoms with E-state index in [0.717, 1.165) is 0 Å². The van der Waals surface area contributed by atoms with Crippen LogP contribution >= 0.6 is 0 Å². The van der Waals surface area contributed by atoms with Crippen LogP contribution in [0.25, 0.3) is 11.1 Å². The molecular weight excluding hydrogens is 507 g/mol. The molecule has 3 aliphatic rings. The van der Waals surface area contributed by atoms with Crippen molar-refractivity contribution in [3.05, 3.63) is 59.9 Å². The molecule has 1 saturated carbocycles. The highest BCUT2D eigenvalue weighted by molar-refractivity contribution is 7.89. The summed E-state index contributed by atoms with van der Waals surface area (Å²) in [6.07, 6.45) is 1.32. The van der Waals surface area contributed by atoms with Gasteiger partial charge in [-0.15, -0.1) is 0 Å². The normalized spacial score (nSPS) is 26.5. The highest BCUT2D eigenvalue weighted by Crippen LogP contribution is 2.54. The predicted molar refractivity (Wildman–Crippen MR) is 128 cm³/mol. The zero-order valence-corrected chi connectivity index (χ0v) is 20.7. The molecule has 5 rings (SSSR count). The maximum Gasteiger partial charge on any atom is 0.350 e. The molecule has 2 aliphatic heterocycles. The van der Waals surface area contributed by atoms with Gasteiger partial charge in [-0.2, -0.15) is 14.0 Å². The molecular formula is C26H26F3N3O4S. The van der Waals surface area contributed by atoms with Crippen LogP contribution in [-0.2, 0) is 26.0 Å². The number of rotatable bonds is 7. The van der Waals surface area contributed by atoms with E-state index in [1.165, 1.54) is 4.90 Å². The van der Waals surface area contributed by atoms with Gasteiger partial charge in [-0.05, 0) is 36.8 Å². The Kier molecular flexibility index (Phi) is 6.54. The minimum Gasteiger partial charge on any atom is -0.352 e. The zero-order valence-electron chi connectivity index (χ0n) is 19.9. The lowest BCUT2D eigenvalue weighted by molar-refractivity contribution is -0.177. The molecule has 0 aromatic heterocycles. The number of amides is 1. The largest absolute Gasteiger partial charge is 0.352 e. The number of carbonyl (C=O) groups excluding carboxylic acids is 1. The van der Waals surface area contributed by atoms with E-state index in [0.29, 0.717) is 29.5 Å². The lowest BCUT2D eigenvalue weighted by Gasteiger charge is -2.48. The number of hydrogen-bond acceptors (Lipinski definition) is 5. The number of nitrogens with one attached hydrogen (secondary N) is 1. The molecule has 2 heterocycles. The maximum absolute atomic E-state index is 15.7. The van der Waals surface area contributed by atoms with Crippen LogP contribution in [-0.4, -0.2) is 55.8 Å². The van der Waals surface area contributed by atoms with Crippen LogP contribution in [0, 0.1) is 22.6 Å². The number of likely N-dealkylation sites (tertiary alicyclic amines) is 1. The fourth-order valence-electron chi connectivity index (χ4n) is 5.42. The molecule has 1 amide bonds. The van der Waals surface area contributed by atoms with Crippen molar-refractivity contribution < 1.29 is 31.1 Å². The van der Waals surface area contributed by atoms with Crippen LogP contribution in [0.5, 0.6) is 0 Å². The number of halogens is 3. The molecule has 2 aromatic rings. The molecule has 1 N–H and O–H groups in total.